The SMILES string of the molecule is Cc1cc(C)cc(-c2nc3cc(NC(=O)/C=C/c4ccccc4)ccc3o2)c1. The normalized spacial score (nSPS) is 11.2. The minimum Gasteiger partial charge on any atom is -0.436 e. The number of nitrogens with one attached hydrogen (secondary N) is 1. The molecule has 0 saturated heterocycles. The second kappa shape index (κ2) is 7.53. The lowest BCUT2D eigenvalue weighted by Gasteiger charge is -2.01. The molecule has 0 radical (unpaired) electrons. The molecule has 0 spiro atoms. The Labute approximate surface area is 163 Å². The highest BCUT2D eigenvalue weighted by Gasteiger charge is 2.10. The van der Waals surface area contributed by atoms with Crippen molar-refractivity contribution in [3.8, 4) is 11.5 Å². The van der Waals surface area contributed by atoms with Crippen molar-refractivity contribution >= 4 is 28.8 Å². The predicted molar refractivity (Wildman–Crippen MR) is 113 cm³/mol. The number of aryl methyl sites for hydroxylation is 2. The summed E-state index contributed by atoms with van der Waals surface area (Å²) in [6.45, 7) is 4.10. The van der Waals surface area contributed by atoms with Gasteiger partial charge in [-0.25, -0.2) is 4.98 Å². The summed E-state index contributed by atoms with van der Waals surface area (Å²) in [5, 5.41) is 2.86. The molecule has 4 aromatic rings. The molecule has 4 nitrogen and oxygen atoms in total. The molecule has 1 amide bonds. The average molecular weight is 368 g/mol. The molecule has 1 heterocycles. The number of oxazole rings is 1. The maximum atomic E-state index is 12.2. The maximum absolute atomic E-state index is 12.2. The number of carbonyl (C=O) groups is 1. The quantitative estimate of drug-likeness (QED) is 0.466. The molecule has 0 fully saturated rings. The number of amides is 1. The van der Waals surface area contributed by atoms with E-state index in [0.717, 1.165) is 22.3 Å². The Morgan fingerprint density at radius 2 is 1.71 bits per heavy atom. The number of benzene rings is 3. The van der Waals surface area contributed by atoms with Gasteiger partial charge < -0.3 is 9.73 Å². The van der Waals surface area contributed by atoms with Gasteiger partial charge in [-0.1, -0.05) is 47.5 Å². The molecular formula is C24H20N2O2. The number of nitrogens with zero attached hydrogens (tertiary/aromatic N) is 1. The van der Waals surface area contributed by atoms with Crippen molar-refractivity contribution in [3.05, 3.63) is 89.5 Å². The monoisotopic (exact) mass is 368 g/mol. The van der Waals surface area contributed by atoms with Gasteiger partial charge in [0.25, 0.3) is 0 Å². The predicted octanol–water partition coefficient (Wildman–Crippen LogP) is 5.76. The largest absolute Gasteiger partial charge is 0.436 e. The third kappa shape index (κ3) is 4.01. The van der Waals surface area contributed by atoms with Crippen LogP contribution in [0, 0.1) is 13.8 Å². The van der Waals surface area contributed by atoms with Crippen LogP contribution in [0.4, 0.5) is 5.69 Å². The first kappa shape index (κ1) is 17.7. The summed E-state index contributed by atoms with van der Waals surface area (Å²) in [5.74, 6) is 0.385. The molecular weight excluding hydrogens is 348 g/mol. The lowest BCUT2D eigenvalue weighted by molar-refractivity contribution is -0.111. The van der Waals surface area contributed by atoms with Crippen molar-refractivity contribution in [2.45, 2.75) is 13.8 Å². The Hall–Kier alpha value is -3.66. The van der Waals surface area contributed by atoms with Crippen LogP contribution in [0.5, 0.6) is 0 Å². The Kier molecular flexibility index (Phi) is 4.77. The number of carbonyl (C=O) groups excluding carboxylic acids is 1. The molecule has 3 aromatic carbocycles. The summed E-state index contributed by atoms with van der Waals surface area (Å²) >= 11 is 0. The van der Waals surface area contributed by atoms with Crippen LogP contribution in [0.15, 0.2) is 77.2 Å². The first-order chi connectivity index (χ1) is 13.6. The van der Waals surface area contributed by atoms with Gasteiger partial charge >= 0.3 is 0 Å². The number of hydrogen-bond donors (Lipinski definition) is 1. The van der Waals surface area contributed by atoms with Crippen molar-refractivity contribution in [2.75, 3.05) is 5.32 Å². The van der Waals surface area contributed by atoms with Crippen LogP contribution in [0.3, 0.4) is 0 Å². The fourth-order valence-corrected chi connectivity index (χ4v) is 3.15. The zero-order chi connectivity index (χ0) is 19.5. The maximum Gasteiger partial charge on any atom is 0.248 e. The average Bonchev–Trinajstić information content (AvgIpc) is 3.10. The van der Waals surface area contributed by atoms with Crippen LogP contribution in [0.25, 0.3) is 28.6 Å². The van der Waals surface area contributed by atoms with Crippen LogP contribution in [0.1, 0.15) is 16.7 Å². The molecule has 0 aliphatic carbocycles. The Balaban J connectivity index is 1.54. The summed E-state index contributed by atoms with van der Waals surface area (Å²) in [5.41, 5.74) is 6.32. The summed E-state index contributed by atoms with van der Waals surface area (Å²) in [4.78, 5) is 16.8. The van der Waals surface area contributed by atoms with E-state index in [9.17, 15) is 4.79 Å². The molecule has 0 aliphatic heterocycles. The van der Waals surface area contributed by atoms with Gasteiger partial charge in [-0.15, -0.1) is 0 Å². The van der Waals surface area contributed by atoms with Crippen LogP contribution < -0.4 is 5.32 Å². The molecule has 0 aliphatic rings. The van der Waals surface area contributed by atoms with E-state index in [4.69, 9.17) is 4.42 Å². The number of rotatable bonds is 4. The van der Waals surface area contributed by atoms with Gasteiger partial charge in [0, 0.05) is 17.3 Å². The highest BCUT2D eigenvalue weighted by atomic mass is 16.3. The second-order valence-electron chi connectivity index (χ2n) is 6.81. The van der Waals surface area contributed by atoms with Gasteiger partial charge in [-0.3, -0.25) is 4.79 Å². The van der Waals surface area contributed by atoms with Gasteiger partial charge in [-0.05, 0) is 55.8 Å². The molecule has 138 valence electrons. The van der Waals surface area contributed by atoms with Gasteiger partial charge in [0.05, 0.1) is 0 Å². The topological polar surface area (TPSA) is 55.1 Å². The van der Waals surface area contributed by atoms with E-state index in [1.165, 1.54) is 6.08 Å². The lowest BCUT2D eigenvalue weighted by Crippen LogP contribution is -2.07. The third-order valence-corrected chi connectivity index (χ3v) is 4.35. The number of fused-ring (bicyclic) bond motifs is 1. The zero-order valence-corrected chi connectivity index (χ0v) is 15.8. The van der Waals surface area contributed by atoms with Crippen molar-refractivity contribution in [3.63, 3.8) is 0 Å². The molecule has 1 N–H and O–H groups in total. The Morgan fingerprint density at radius 1 is 0.964 bits per heavy atom. The first-order valence-electron chi connectivity index (χ1n) is 9.10. The smallest absolute Gasteiger partial charge is 0.248 e. The highest BCUT2D eigenvalue weighted by molar-refractivity contribution is 6.02. The van der Waals surface area contributed by atoms with Crippen LogP contribution >= 0.6 is 0 Å². The first-order valence-corrected chi connectivity index (χ1v) is 9.10. The second-order valence-corrected chi connectivity index (χ2v) is 6.81. The molecule has 1 aromatic heterocycles. The van der Waals surface area contributed by atoms with Crippen LogP contribution in [-0.4, -0.2) is 10.9 Å². The van der Waals surface area contributed by atoms with E-state index >= 15 is 0 Å². The minimum atomic E-state index is -0.193. The number of hydrogen-bond acceptors (Lipinski definition) is 3. The summed E-state index contributed by atoms with van der Waals surface area (Å²) < 4.78 is 5.89. The summed E-state index contributed by atoms with van der Waals surface area (Å²) in [7, 11) is 0. The van der Waals surface area contributed by atoms with Gasteiger partial charge in [0.2, 0.25) is 11.8 Å². The van der Waals surface area contributed by atoms with E-state index in [1.54, 1.807) is 6.08 Å². The van der Waals surface area contributed by atoms with E-state index in [1.807, 2.05) is 48.5 Å². The van der Waals surface area contributed by atoms with Crippen LogP contribution in [0.2, 0.25) is 0 Å². The Bertz CT molecular complexity index is 1150. The molecule has 4 rings (SSSR count). The standard InChI is InChI=1S/C24H20N2O2/c1-16-12-17(2)14-19(13-16)24-26-21-15-20(9-10-22(21)28-24)25-23(27)11-8-18-6-4-3-5-7-18/h3-15H,1-2H3,(H,25,27)/b11-8+. The molecule has 0 saturated carbocycles. The van der Waals surface area contributed by atoms with E-state index < -0.39 is 0 Å². The van der Waals surface area contributed by atoms with Crippen molar-refractivity contribution in [1.29, 1.82) is 0 Å². The number of aromatic nitrogens is 1. The summed E-state index contributed by atoms with van der Waals surface area (Å²) in [6, 6.07) is 21.4. The molecule has 0 unspecified atom stereocenters. The van der Waals surface area contributed by atoms with E-state index in [0.29, 0.717) is 22.7 Å². The van der Waals surface area contributed by atoms with Gasteiger partial charge in [-0.2, -0.15) is 0 Å². The molecule has 28 heavy (non-hydrogen) atoms. The molecule has 4 heteroatoms. The fourth-order valence-electron chi connectivity index (χ4n) is 3.15. The third-order valence-electron chi connectivity index (χ3n) is 4.35. The van der Waals surface area contributed by atoms with Crippen molar-refractivity contribution < 1.29 is 9.21 Å². The van der Waals surface area contributed by atoms with Crippen molar-refractivity contribution in [1.82, 2.24) is 4.98 Å². The zero-order valence-electron chi connectivity index (χ0n) is 15.8. The minimum absolute atomic E-state index is 0.193. The van der Waals surface area contributed by atoms with E-state index in [-0.39, 0.29) is 5.91 Å². The van der Waals surface area contributed by atoms with Crippen molar-refractivity contribution in [2.24, 2.45) is 0 Å². The summed E-state index contributed by atoms with van der Waals surface area (Å²) in [6.07, 6.45) is 3.30. The molecule has 0 atom stereocenters. The van der Waals surface area contributed by atoms with Gasteiger partial charge in [0.15, 0.2) is 5.58 Å². The lowest BCUT2D eigenvalue weighted by atomic mass is 10.1. The van der Waals surface area contributed by atoms with Crippen LogP contribution in [-0.2, 0) is 4.79 Å². The number of anilines is 1. The van der Waals surface area contributed by atoms with Gasteiger partial charge in [0.1, 0.15) is 5.52 Å². The van der Waals surface area contributed by atoms with E-state index in [2.05, 4.69) is 42.3 Å². The Morgan fingerprint density at radius 3 is 2.46 bits per heavy atom. The fraction of sp³-hybridized carbons (Fsp3) is 0.0833. The molecule has 0 bridgehead atoms. The highest BCUT2D eigenvalue weighted by Crippen LogP contribution is 2.27.